The molecule has 0 aromatic rings. The molecule has 2 rings (SSSR count). The fraction of sp³-hybridized carbons (Fsp3) is 0.818. The molecule has 1 N–H and O–H groups in total. The molecule has 2 fully saturated rings. The minimum absolute atomic E-state index is 0.0178. The number of halogens is 4. The first-order valence-corrected chi connectivity index (χ1v) is 5.99. The lowest BCUT2D eigenvalue weighted by Gasteiger charge is -2.39. The molecule has 108 valence electrons. The van der Waals surface area contributed by atoms with E-state index >= 15 is 0 Å². The van der Waals surface area contributed by atoms with E-state index in [2.05, 4.69) is 5.32 Å². The second kappa shape index (κ2) is 4.64. The first kappa shape index (κ1) is 14.1. The van der Waals surface area contributed by atoms with Crippen molar-refractivity contribution in [2.45, 2.75) is 31.6 Å². The fourth-order valence-corrected chi connectivity index (χ4v) is 2.59. The zero-order valence-electron chi connectivity index (χ0n) is 10.1. The number of alkyl halides is 4. The van der Waals surface area contributed by atoms with Gasteiger partial charge in [0.1, 0.15) is 0 Å². The van der Waals surface area contributed by atoms with E-state index in [9.17, 15) is 27.2 Å². The second-order valence-electron chi connectivity index (χ2n) is 5.17. The minimum Gasteiger partial charge on any atom is -0.356 e. The lowest BCUT2D eigenvalue weighted by Crippen LogP contribution is -2.52. The van der Waals surface area contributed by atoms with Crippen molar-refractivity contribution in [2.75, 3.05) is 19.6 Å². The number of rotatable bonds is 2. The summed E-state index contributed by atoms with van der Waals surface area (Å²) in [7, 11) is 0. The number of likely N-dealkylation sites (tertiary alicyclic amines) is 1. The van der Waals surface area contributed by atoms with Crippen LogP contribution in [-0.2, 0) is 9.59 Å². The first-order chi connectivity index (χ1) is 8.77. The number of amides is 2. The number of nitrogens with zero attached hydrogens (tertiary/aromatic N) is 1. The molecule has 8 heteroatoms. The van der Waals surface area contributed by atoms with Crippen molar-refractivity contribution in [1.29, 1.82) is 0 Å². The fourth-order valence-electron chi connectivity index (χ4n) is 2.59. The molecule has 4 nitrogen and oxygen atoms in total. The van der Waals surface area contributed by atoms with Crippen LogP contribution < -0.4 is 5.32 Å². The maximum absolute atomic E-state index is 12.9. The van der Waals surface area contributed by atoms with E-state index in [4.69, 9.17) is 0 Å². The molecular weight excluding hydrogens is 268 g/mol. The third kappa shape index (κ3) is 2.52. The van der Waals surface area contributed by atoms with Gasteiger partial charge in [-0.3, -0.25) is 9.59 Å². The van der Waals surface area contributed by atoms with Gasteiger partial charge in [0.15, 0.2) is 0 Å². The molecule has 0 unspecified atom stereocenters. The lowest BCUT2D eigenvalue weighted by atomic mass is 9.77. The highest BCUT2D eigenvalue weighted by Gasteiger charge is 2.52. The Morgan fingerprint density at radius 2 is 1.89 bits per heavy atom. The Morgan fingerprint density at radius 3 is 2.32 bits per heavy atom. The molecule has 2 aliphatic heterocycles. The number of nitrogens with one attached hydrogen (secondary N) is 1. The Morgan fingerprint density at radius 1 is 1.32 bits per heavy atom. The smallest absolute Gasteiger partial charge is 0.356 e. The van der Waals surface area contributed by atoms with E-state index in [1.807, 2.05) is 0 Å². The molecule has 2 saturated heterocycles. The molecule has 0 atom stereocenters. The van der Waals surface area contributed by atoms with E-state index in [1.165, 1.54) is 0 Å². The van der Waals surface area contributed by atoms with Crippen LogP contribution in [0.2, 0.25) is 0 Å². The summed E-state index contributed by atoms with van der Waals surface area (Å²) in [6.07, 6.45) is -2.95. The minimum atomic E-state index is -4.63. The van der Waals surface area contributed by atoms with Gasteiger partial charge in [-0.2, -0.15) is 8.78 Å². The molecule has 0 aliphatic carbocycles. The molecule has 0 aromatic carbocycles. The van der Waals surface area contributed by atoms with Crippen LogP contribution >= 0.6 is 0 Å². The maximum Gasteiger partial charge on any atom is 0.383 e. The Kier molecular flexibility index (Phi) is 3.44. The molecule has 2 heterocycles. The van der Waals surface area contributed by atoms with E-state index < -0.39 is 18.3 Å². The largest absolute Gasteiger partial charge is 0.383 e. The van der Waals surface area contributed by atoms with Gasteiger partial charge < -0.3 is 10.2 Å². The third-order valence-electron chi connectivity index (χ3n) is 3.87. The van der Waals surface area contributed by atoms with Crippen LogP contribution in [0.5, 0.6) is 0 Å². The Bertz CT molecular complexity index is 392. The monoisotopic (exact) mass is 282 g/mol. The molecule has 2 amide bonds. The van der Waals surface area contributed by atoms with Gasteiger partial charge in [0, 0.05) is 26.1 Å². The Balaban J connectivity index is 1.97. The summed E-state index contributed by atoms with van der Waals surface area (Å²) in [5, 5.41) is 2.66. The topological polar surface area (TPSA) is 49.4 Å². The first-order valence-electron chi connectivity index (χ1n) is 5.99. The number of piperidine rings is 1. The molecule has 0 aromatic heterocycles. The summed E-state index contributed by atoms with van der Waals surface area (Å²) < 4.78 is 50.1. The van der Waals surface area contributed by atoms with Crippen molar-refractivity contribution in [1.82, 2.24) is 10.2 Å². The van der Waals surface area contributed by atoms with E-state index in [0.29, 0.717) is 25.8 Å². The average molecular weight is 282 g/mol. The molecule has 1 spiro atoms. The quantitative estimate of drug-likeness (QED) is 0.769. The zero-order chi connectivity index (χ0) is 14.3. The standard InChI is InChI=1S/C11H14F4N2O2/c12-8(13)11(14,15)9(19)17-3-1-10(2-4-17)5-7(18)16-6-10/h8H,1-6H2,(H,16,18). The SMILES string of the molecule is O=C1CC2(CCN(C(=O)C(F)(F)C(F)F)CC2)CN1. The van der Waals surface area contributed by atoms with Crippen LogP contribution in [0.3, 0.4) is 0 Å². The van der Waals surface area contributed by atoms with Crippen LogP contribution in [0.4, 0.5) is 17.6 Å². The maximum atomic E-state index is 12.9. The van der Waals surface area contributed by atoms with Crippen molar-refractivity contribution >= 4 is 11.8 Å². The van der Waals surface area contributed by atoms with Crippen LogP contribution in [-0.4, -0.2) is 48.7 Å². The van der Waals surface area contributed by atoms with Crippen LogP contribution in [0.25, 0.3) is 0 Å². The van der Waals surface area contributed by atoms with Gasteiger partial charge in [-0.15, -0.1) is 0 Å². The van der Waals surface area contributed by atoms with Crippen LogP contribution in [0, 0.1) is 5.41 Å². The normalized spacial score (nSPS) is 23.0. The van der Waals surface area contributed by atoms with Crippen LogP contribution in [0.15, 0.2) is 0 Å². The summed E-state index contributed by atoms with van der Waals surface area (Å²) in [5.41, 5.74) is -0.312. The number of carbonyl (C=O) groups excluding carboxylic acids is 2. The van der Waals surface area contributed by atoms with Crippen LogP contribution in [0.1, 0.15) is 19.3 Å². The molecular formula is C11H14F4N2O2. The molecule has 19 heavy (non-hydrogen) atoms. The van der Waals surface area contributed by atoms with E-state index in [1.54, 1.807) is 0 Å². The third-order valence-corrected chi connectivity index (χ3v) is 3.87. The van der Waals surface area contributed by atoms with Crippen molar-refractivity contribution in [3.05, 3.63) is 0 Å². The summed E-state index contributed by atoms with van der Waals surface area (Å²) >= 11 is 0. The highest BCUT2D eigenvalue weighted by atomic mass is 19.3. The predicted octanol–water partition coefficient (Wildman–Crippen LogP) is 1.02. The Hall–Kier alpha value is -1.34. The van der Waals surface area contributed by atoms with Crippen molar-refractivity contribution in [3.8, 4) is 0 Å². The van der Waals surface area contributed by atoms with Gasteiger partial charge in [-0.1, -0.05) is 0 Å². The second-order valence-corrected chi connectivity index (χ2v) is 5.17. The molecule has 0 radical (unpaired) electrons. The van der Waals surface area contributed by atoms with Gasteiger partial charge in [-0.25, -0.2) is 8.78 Å². The van der Waals surface area contributed by atoms with Gasteiger partial charge in [0.25, 0.3) is 5.91 Å². The van der Waals surface area contributed by atoms with Gasteiger partial charge in [-0.05, 0) is 18.3 Å². The van der Waals surface area contributed by atoms with Crippen molar-refractivity contribution < 1.29 is 27.2 Å². The summed E-state index contributed by atoms with van der Waals surface area (Å²) in [6.45, 7) is 0.422. The highest BCUT2D eigenvalue weighted by molar-refractivity contribution is 5.84. The van der Waals surface area contributed by atoms with Gasteiger partial charge >= 0.3 is 12.3 Å². The summed E-state index contributed by atoms with van der Waals surface area (Å²) in [5.74, 6) is -6.55. The summed E-state index contributed by atoms with van der Waals surface area (Å²) in [4.78, 5) is 23.3. The van der Waals surface area contributed by atoms with E-state index in [-0.39, 0.29) is 24.4 Å². The highest BCUT2D eigenvalue weighted by Crippen LogP contribution is 2.38. The van der Waals surface area contributed by atoms with E-state index in [0.717, 1.165) is 4.90 Å². The van der Waals surface area contributed by atoms with Crippen molar-refractivity contribution in [3.63, 3.8) is 0 Å². The molecule has 0 bridgehead atoms. The number of hydrogen-bond acceptors (Lipinski definition) is 2. The van der Waals surface area contributed by atoms with Gasteiger partial charge in [0.2, 0.25) is 5.91 Å². The number of carbonyl (C=O) groups is 2. The molecule has 2 aliphatic rings. The zero-order valence-corrected chi connectivity index (χ0v) is 10.1. The van der Waals surface area contributed by atoms with Gasteiger partial charge in [0.05, 0.1) is 0 Å². The summed E-state index contributed by atoms with van der Waals surface area (Å²) in [6, 6.07) is 0. The molecule has 0 saturated carbocycles. The number of hydrogen-bond donors (Lipinski definition) is 1. The average Bonchev–Trinajstić information content (AvgIpc) is 2.70. The van der Waals surface area contributed by atoms with Crippen molar-refractivity contribution in [2.24, 2.45) is 5.41 Å². The predicted molar refractivity (Wildman–Crippen MR) is 56.8 cm³/mol. The Labute approximate surface area is 107 Å². The lowest BCUT2D eigenvalue weighted by molar-refractivity contribution is -0.182.